The fourth-order valence-corrected chi connectivity index (χ4v) is 1.87. The van der Waals surface area contributed by atoms with Crippen molar-refractivity contribution in [2.75, 3.05) is 0 Å². The van der Waals surface area contributed by atoms with Crippen LogP contribution in [0.1, 0.15) is 0 Å². The Labute approximate surface area is 153 Å². The standard InChI is InChI=1S/C15H10N.CH3.Ir.Y/c1-2-7-13(8-3-1)15-14-9-5-4-6-12(14)10-11-16-15;;;/h1-7,9-11H;1H3;;/q2*-1;;. The molecule has 3 aromatic rings. The van der Waals surface area contributed by atoms with Crippen LogP contribution in [0.4, 0.5) is 0 Å². The average molecular weight is 500 g/mol. The molecule has 19 heavy (non-hydrogen) atoms. The van der Waals surface area contributed by atoms with E-state index in [0.717, 1.165) is 11.3 Å². The molecule has 96 valence electrons. The summed E-state index contributed by atoms with van der Waals surface area (Å²) < 4.78 is 0. The van der Waals surface area contributed by atoms with E-state index in [1.54, 1.807) is 0 Å². The van der Waals surface area contributed by atoms with Gasteiger partial charge in [0.25, 0.3) is 0 Å². The van der Waals surface area contributed by atoms with Gasteiger partial charge in [-0.3, -0.25) is 0 Å². The number of fused-ring (bicyclic) bond motifs is 1. The molecule has 0 aliphatic carbocycles. The van der Waals surface area contributed by atoms with Crippen molar-refractivity contribution < 1.29 is 52.8 Å². The van der Waals surface area contributed by atoms with Crippen LogP contribution in [0.5, 0.6) is 0 Å². The van der Waals surface area contributed by atoms with Gasteiger partial charge in [0.1, 0.15) is 0 Å². The van der Waals surface area contributed by atoms with E-state index in [2.05, 4.69) is 23.2 Å². The third-order valence-corrected chi connectivity index (χ3v) is 2.64. The molecule has 0 spiro atoms. The van der Waals surface area contributed by atoms with Crippen molar-refractivity contribution in [3.63, 3.8) is 0 Å². The summed E-state index contributed by atoms with van der Waals surface area (Å²) in [7, 11) is 0. The number of nitrogens with zero attached hydrogens (tertiary/aromatic N) is 1. The first-order valence-electron chi connectivity index (χ1n) is 5.26. The van der Waals surface area contributed by atoms with E-state index in [9.17, 15) is 0 Å². The van der Waals surface area contributed by atoms with E-state index in [1.165, 1.54) is 10.8 Å². The summed E-state index contributed by atoms with van der Waals surface area (Å²) >= 11 is 0. The van der Waals surface area contributed by atoms with Gasteiger partial charge in [-0.1, -0.05) is 24.3 Å². The van der Waals surface area contributed by atoms with Crippen LogP contribution in [0, 0.1) is 13.5 Å². The van der Waals surface area contributed by atoms with Crippen LogP contribution in [0.25, 0.3) is 22.0 Å². The molecule has 1 aromatic heterocycles. The molecule has 0 saturated heterocycles. The Kier molecular flexibility index (Phi) is 8.53. The summed E-state index contributed by atoms with van der Waals surface area (Å²) in [6.45, 7) is 0. The third kappa shape index (κ3) is 4.03. The molecule has 0 unspecified atom stereocenters. The van der Waals surface area contributed by atoms with Gasteiger partial charge in [0.05, 0.1) is 0 Å². The van der Waals surface area contributed by atoms with Gasteiger partial charge in [-0.05, 0) is 22.5 Å². The molecule has 2 aromatic carbocycles. The molecule has 0 atom stereocenters. The van der Waals surface area contributed by atoms with Crippen molar-refractivity contribution in [1.82, 2.24) is 4.98 Å². The second-order valence-corrected chi connectivity index (χ2v) is 3.66. The zero-order valence-electron chi connectivity index (χ0n) is 10.6. The van der Waals surface area contributed by atoms with E-state index in [-0.39, 0.29) is 60.2 Å². The number of benzene rings is 2. The van der Waals surface area contributed by atoms with Gasteiger partial charge in [-0.25, -0.2) is 0 Å². The molecule has 0 bridgehead atoms. The minimum Gasteiger partial charge on any atom is -0.358 e. The molecule has 0 aliphatic heterocycles. The maximum absolute atomic E-state index is 4.45. The number of aromatic nitrogens is 1. The van der Waals surface area contributed by atoms with Crippen LogP contribution in [-0.4, -0.2) is 4.98 Å². The van der Waals surface area contributed by atoms with E-state index < -0.39 is 0 Å². The summed E-state index contributed by atoms with van der Waals surface area (Å²) in [5.41, 5.74) is 2.04. The van der Waals surface area contributed by atoms with Crippen LogP contribution < -0.4 is 0 Å². The molecular weight excluding hydrogens is 487 g/mol. The molecule has 1 heterocycles. The zero-order valence-corrected chi connectivity index (χ0v) is 15.9. The molecule has 2 radical (unpaired) electrons. The van der Waals surface area contributed by atoms with Gasteiger partial charge in [0, 0.05) is 59.0 Å². The zero-order chi connectivity index (χ0) is 10.8. The van der Waals surface area contributed by atoms with Crippen LogP contribution in [0.2, 0.25) is 0 Å². The quantitative estimate of drug-likeness (QED) is 0.458. The fraction of sp³-hybridized carbons (Fsp3) is 0. The Bertz CT molecular complexity index is 620. The van der Waals surface area contributed by atoms with Gasteiger partial charge in [-0.2, -0.15) is 0 Å². The van der Waals surface area contributed by atoms with Crippen molar-refractivity contribution in [1.29, 1.82) is 0 Å². The molecule has 0 aliphatic rings. The van der Waals surface area contributed by atoms with E-state index in [0.29, 0.717) is 0 Å². The van der Waals surface area contributed by atoms with Gasteiger partial charge in [-0.15, -0.1) is 35.9 Å². The van der Waals surface area contributed by atoms with Crippen molar-refractivity contribution in [3.05, 3.63) is 74.3 Å². The van der Waals surface area contributed by atoms with Crippen LogP contribution in [0.3, 0.4) is 0 Å². The van der Waals surface area contributed by atoms with Gasteiger partial charge >= 0.3 is 0 Å². The smallest absolute Gasteiger partial charge is 0.0167 e. The maximum Gasteiger partial charge on any atom is 0.0167 e. The maximum atomic E-state index is 4.45. The SMILES string of the molecule is [CH3-].[Ir].[Y].[c-]1ccccc1-c1nccc2ccccc12. The summed E-state index contributed by atoms with van der Waals surface area (Å²) in [6, 6.07) is 21.4. The minimum atomic E-state index is 0. The Morgan fingerprint density at radius 2 is 1.63 bits per heavy atom. The van der Waals surface area contributed by atoms with Crippen LogP contribution in [-0.2, 0) is 52.8 Å². The van der Waals surface area contributed by atoms with Gasteiger partial charge in [0.2, 0.25) is 0 Å². The Balaban J connectivity index is 0.00000108. The first-order valence-corrected chi connectivity index (χ1v) is 5.26. The second-order valence-electron chi connectivity index (χ2n) is 3.66. The molecule has 0 amide bonds. The molecule has 3 rings (SSSR count). The molecule has 3 heteroatoms. The predicted octanol–water partition coefficient (Wildman–Crippen LogP) is 4.15. The van der Waals surface area contributed by atoms with E-state index in [1.807, 2.05) is 48.7 Å². The first kappa shape index (κ1) is 18.6. The Morgan fingerprint density at radius 3 is 2.37 bits per heavy atom. The fourth-order valence-electron chi connectivity index (χ4n) is 1.87. The van der Waals surface area contributed by atoms with Crippen molar-refractivity contribution in [3.8, 4) is 11.3 Å². The molecular formula is C16H13IrNY-2. The topological polar surface area (TPSA) is 12.9 Å². The predicted molar refractivity (Wildman–Crippen MR) is 72.4 cm³/mol. The van der Waals surface area contributed by atoms with E-state index >= 15 is 0 Å². The largest absolute Gasteiger partial charge is 0.358 e. The summed E-state index contributed by atoms with van der Waals surface area (Å²) in [5, 5.41) is 2.39. The summed E-state index contributed by atoms with van der Waals surface area (Å²) in [4.78, 5) is 4.45. The van der Waals surface area contributed by atoms with Gasteiger partial charge < -0.3 is 12.4 Å². The van der Waals surface area contributed by atoms with Gasteiger partial charge in [0.15, 0.2) is 0 Å². The van der Waals surface area contributed by atoms with Crippen molar-refractivity contribution in [2.24, 2.45) is 0 Å². The van der Waals surface area contributed by atoms with Crippen molar-refractivity contribution >= 4 is 10.8 Å². The summed E-state index contributed by atoms with van der Waals surface area (Å²) in [6.07, 6.45) is 1.85. The Hall–Kier alpha value is -0.397. The third-order valence-electron chi connectivity index (χ3n) is 2.64. The van der Waals surface area contributed by atoms with Crippen LogP contribution in [0.15, 0.2) is 60.8 Å². The molecule has 1 nitrogen and oxygen atoms in total. The van der Waals surface area contributed by atoms with E-state index in [4.69, 9.17) is 0 Å². The number of hydrogen-bond donors (Lipinski definition) is 0. The molecule has 0 N–H and O–H groups in total. The monoisotopic (exact) mass is 501 g/mol. The minimum absolute atomic E-state index is 0. The number of hydrogen-bond acceptors (Lipinski definition) is 1. The average Bonchev–Trinajstić information content (AvgIpc) is 2.39. The number of rotatable bonds is 1. The van der Waals surface area contributed by atoms with Crippen LogP contribution >= 0.6 is 0 Å². The normalized spacial score (nSPS) is 8.84. The second kappa shape index (κ2) is 8.71. The van der Waals surface area contributed by atoms with Crippen molar-refractivity contribution in [2.45, 2.75) is 0 Å². The molecule has 0 fully saturated rings. The molecule has 0 saturated carbocycles. The number of pyridine rings is 1. The Morgan fingerprint density at radius 1 is 0.895 bits per heavy atom. The summed E-state index contributed by atoms with van der Waals surface area (Å²) in [5.74, 6) is 0. The first-order chi connectivity index (χ1) is 7.95.